The molecule has 0 bridgehead atoms. The number of carboxylic acids is 1. The van der Waals surface area contributed by atoms with Crippen LogP contribution in [0.1, 0.15) is 17.9 Å². The number of carbonyl (C=O) groups excluding carboxylic acids is 1. The molecule has 1 aliphatic rings. The largest absolute Gasteiger partial charge is 0.481 e. The summed E-state index contributed by atoms with van der Waals surface area (Å²) in [4.78, 5) is 24.2. The second kappa shape index (κ2) is 5.54. The van der Waals surface area contributed by atoms with Gasteiger partial charge in [0.05, 0.1) is 17.0 Å². The van der Waals surface area contributed by atoms with Gasteiger partial charge < -0.3 is 9.63 Å². The molecule has 0 aliphatic carbocycles. The number of rotatable bonds is 4. The van der Waals surface area contributed by atoms with Crippen LogP contribution in [0.4, 0.5) is 0 Å². The topological polar surface area (TPSA) is 83.6 Å². The molecule has 1 aliphatic heterocycles. The average molecular weight is 298 g/mol. The third kappa shape index (κ3) is 3.21. The van der Waals surface area contributed by atoms with Crippen LogP contribution in [0.2, 0.25) is 0 Å². The van der Waals surface area contributed by atoms with Crippen molar-refractivity contribution < 1.29 is 19.2 Å². The van der Waals surface area contributed by atoms with E-state index in [0.717, 1.165) is 11.8 Å². The predicted molar refractivity (Wildman–Crippen MR) is 73.4 cm³/mol. The van der Waals surface area contributed by atoms with Crippen LogP contribution < -0.4 is 0 Å². The number of carbonyl (C=O) groups is 2. The van der Waals surface area contributed by atoms with Crippen molar-refractivity contribution in [2.75, 3.05) is 6.54 Å². The van der Waals surface area contributed by atoms with Crippen molar-refractivity contribution in [1.82, 2.24) is 10.1 Å². The number of nitrogens with zero attached hydrogens (tertiary/aromatic N) is 2. The number of aromatic nitrogens is 1. The zero-order valence-corrected chi connectivity index (χ0v) is 11.6. The summed E-state index contributed by atoms with van der Waals surface area (Å²) in [5.74, 6) is -0.801. The molecule has 1 N–H and O–H groups in total. The van der Waals surface area contributed by atoms with Crippen molar-refractivity contribution in [3.05, 3.63) is 22.4 Å². The van der Waals surface area contributed by atoms with Gasteiger partial charge in [0, 0.05) is 18.7 Å². The van der Waals surface area contributed by atoms with Crippen molar-refractivity contribution in [3.63, 3.8) is 0 Å². The molecule has 1 fully saturated rings. The van der Waals surface area contributed by atoms with E-state index in [1.807, 2.05) is 0 Å². The summed E-state index contributed by atoms with van der Waals surface area (Å²) in [5, 5.41) is 12.3. The minimum absolute atomic E-state index is 0.0762. The number of aliphatic carboxylic acids is 1. The summed E-state index contributed by atoms with van der Waals surface area (Å²) < 4.78 is 5.35. The van der Waals surface area contributed by atoms with E-state index in [-0.39, 0.29) is 18.9 Å². The van der Waals surface area contributed by atoms with E-state index in [9.17, 15) is 9.59 Å². The van der Waals surface area contributed by atoms with E-state index >= 15 is 0 Å². The Morgan fingerprint density at radius 3 is 3.00 bits per heavy atom. The quantitative estimate of drug-likeness (QED) is 0.668. The molecule has 1 aromatic heterocycles. The molecule has 0 saturated carbocycles. The van der Waals surface area contributed by atoms with Gasteiger partial charge in [-0.3, -0.25) is 14.5 Å². The minimum Gasteiger partial charge on any atom is -0.481 e. The lowest BCUT2D eigenvalue weighted by Gasteiger charge is -2.12. The summed E-state index contributed by atoms with van der Waals surface area (Å²) in [6.07, 6.45) is 1.42. The van der Waals surface area contributed by atoms with Crippen LogP contribution in [0.3, 0.4) is 0 Å². The van der Waals surface area contributed by atoms with Crippen LogP contribution in [0.5, 0.6) is 0 Å². The molecule has 0 aromatic carbocycles. The van der Waals surface area contributed by atoms with Gasteiger partial charge in [0.1, 0.15) is 4.32 Å². The van der Waals surface area contributed by atoms with Gasteiger partial charge in [-0.25, -0.2) is 0 Å². The minimum atomic E-state index is -0.969. The standard InChI is InChI=1S/C11H10N2O4S2/c1-6-4-7(17-12-6)5-8-10(16)13(11(18)19-8)3-2-9(14)15/h4-5H,2-3H2,1H3,(H,14,15). The van der Waals surface area contributed by atoms with Gasteiger partial charge in [0.15, 0.2) is 5.76 Å². The van der Waals surface area contributed by atoms with Crippen LogP contribution in [-0.4, -0.2) is 37.9 Å². The van der Waals surface area contributed by atoms with Crippen LogP contribution in [0, 0.1) is 6.92 Å². The highest BCUT2D eigenvalue weighted by molar-refractivity contribution is 8.26. The summed E-state index contributed by atoms with van der Waals surface area (Å²) in [6.45, 7) is 1.85. The van der Waals surface area contributed by atoms with E-state index in [4.69, 9.17) is 21.8 Å². The molecular formula is C11H10N2O4S2. The van der Waals surface area contributed by atoms with E-state index < -0.39 is 5.97 Å². The van der Waals surface area contributed by atoms with Gasteiger partial charge in [-0.05, 0) is 6.92 Å². The van der Waals surface area contributed by atoms with Gasteiger partial charge in [-0.15, -0.1) is 0 Å². The average Bonchev–Trinajstić information content (AvgIpc) is 2.83. The lowest BCUT2D eigenvalue weighted by Crippen LogP contribution is -2.30. The Morgan fingerprint density at radius 1 is 1.68 bits per heavy atom. The van der Waals surface area contributed by atoms with Crippen LogP contribution in [0.25, 0.3) is 6.08 Å². The lowest BCUT2D eigenvalue weighted by molar-refractivity contribution is -0.137. The van der Waals surface area contributed by atoms with Crippen molar-refractivity contribution >= 4 is 46.3 Å². The molecule has 0 radical (unpaired) electrons. The van der Waals surface area contributed by atoms with E-state index in [1.54, 1.807) is 19.1 Å². The van der Waals surface area contributed by atoms with Crippen molar-refractivity contribution in [2.45, 2.75) is 13.3 Å². The van der Waals surface area contributed by atoms with Gasteiger partial charge in [0.2, 0.25) is 0 Å². The van der Waals surface area contributed by atoms with Crippen LogP contribution in [-0.2, 0) is 9.59 Å². The molecule has 1 saturated heterocycles. The van der Waals surface area contributed by atoms with Crippen LogP contribution >= 0.6 is 24.0 Å². The first-order valence-electron chi connectivity index (χ1n) is 5.38. The highest BCUT2D eigenvalue weighted by atomic mass is 32.2. The van der Waals surface area contributed by atoms with Crippen molar-refractivity contribution in [1.29, 1.82) is 0 Å². The van der Waals surface area contributed by atoms with Gasteiger partial charge in [-0.2, -0.15) is 0 Å². The number of amides is 1. The molecule has 6 nitrogen and oxygen atoms in total. The molecule has 0 unspecified atom stereocenters. The Hall–Kier alpha value is -1.67. The molecular weight excluding hydrogens is 288 g/mol. The van der Waals surface area contributed by atoms with Gasteiger partial charge in [0.25, 0.3) is 5.91 Å². The van der Waals surface area contributed by atoms with E-state index in [1.165, 1.54) is 4.90 Å². The second-order valence-corrected chi connectivity index (χ2v) is 5.52. The molecule has 0 spiro atoms. The SMILES string of the molecule is Cc1cc(C=C2SC(=S)N(CCC(=O)O)C2=O)on1. The highest BCUT2D eigenvalue weighted by Crippen LogP contribution is 2.32. The Bertz CT molecular complexity index is 579. The Kier molecular flexibility index (Phi) is 4.01. The molecule has 100 valence electrons. The number of carboxylic acid groups (broad SMARTS) is 1. The molecule has 1 amide bonds. The van der Waals surface area contributed by atoms with Crippen molar-refractivity contribution in [2.24, 2.45) is 0 Å². The number of thioether (sulfide) groups is 1. The first-order chi connectivity index (χ1) is 8.97. The highest BCUT2D eigenvalue weighted by Gasteiger charge is 2.32. The van der Waals surface area contributed by atoms with E-state index in [0.29, 0.717) is 20.7 Å². The smallest absolute Gasteiger partial charge is 0.305 e. The maximum Gasteiger partial charge on any atom is 0.305 e. The third-order valence-electron chi connectivity index (χ3n) is 2.34. The fourth-order valence-electron chi connectivity index (χ4n) is 1.48. The first-order valence-corrected chi connectivity index (χ1v) is 6.60. The Morgan fingerprint density at radius 2 is 2.42 bits per heavy atom. The monoisotopic (exact) mass is 298 g/mol. The lowest BCUT2D eigenvalue weighted by atomic mass is 10.3. The summed E-state index contributed by atoms with van der Waals surface area (Å²) in [5.41, 5.74) is 0.715. The van der Waals surface area contributed by atoms with Crippen LogP contribution in [0.15, 0.2) is 15.5 Å². The summed E-state index contributed by atoms with van der Waals surface area (Å²) >= 11 is 6.18. The number of thiocarbonyl (C=S) groups is 1. The zero-order chi connectivity index (χ0) is 14.0. The fraction of sp³-hybridized carbons (Fsp3) is 0.273. The first kappa shape index (κ1) is 13.8. The fourth-order valence-corrected chi connectivity index (χ4v) is 2.77. The molecule has 1 aromatic rings. The Labute approximate surface area is 118 Å². The normalized spacial score (nSPS) is 17.5. The third-order valence-corrected chi connectivity index (χ3v) is 3.72. The molecule has 0 atom stereocenters. The summed E-state index contributed by atoms with van der Waals surface area (Å²) in [7, 11) is 0. The number of hydrogen-bond acceptors (Lipinski definition) is 6. The maximum absolute atomic E-state index is 12.0. The van der Waals surface area contributed by atoms with Gasteiger partial charge >= 0.3 is 5.97 Å². The number of aryl methyl sites for hydroxylation is 1. The summed E-state index contributed by atoms with van der Waals surface area (Å²) in [6, 6.07) is 1.70. The zero-order valence-electron chi connectivity index (χ0n) is 9.95. The molecule has 8 heteroatoms. The number of hydrogen-bond donors (Lipinski definition) is 1. The molecule has 2 heterocycles. The van der Waals surface area contributed by atoms with Crippen molar-refractivity contribution in [3.8, 4) is 0 Å². The maximum atomic E-state index is 12.0. The predicted octanol–water partition coefficient (Wildman–Crippen LogP) is 1.66. The Balaban J connectivity index is 2.13. The molecule has 2 rings (SSSR count). The second-order valence-electron chi connectivity index (χ2n) is 3.85. The van der Waals surface area contributed by atoms with Gasteiger partial charge in [-0.1, -0.05) is 29.1 Å². The molecule has 19 heavy (non-hydrogen) atoms. The van der Waals surface area contributed by atoms with E-state index in [2.05, 4.69) is 5.16 Å².